The van der Waals surface area contributed by atoms with Crippen LogP contribution in [0.2, 0.25) is 0 Å². The highest BCUT2D eigenvalue weighted by Gasteiger charge is 2.17. The second kappa shape index (κ2) is 9.05. The summed E-state index contributed by atoms with van der Waals surface area (Å²) in [4.78, 5) is 7.22. The number of imidazole rings is 1. The van der Waals surface area contributed by atoms with E-state index in [1.54, 1.807) is 0 Å². The number of hydrogen-bond acceptors (Lipinski definition) is 3. The topological polar surface area (TPSA) is 29.8 Å². The third-order valence-corrected chi connectivity index (χ3v) is 4.88. The predicted molar refractivity (Wildman–Crippen MR) is 112 cm³/mol. The molecule has 0 amide bonds. The van der Waals surface area contributed by atoms with E-state index in [0.717, 1.165) is 55.0 Å². The minimum atomic E-state index is 0.133. The van der Waals surface area contributed by atoms with Gasteiger partial charge in [0.25, 0.3) is 0 Å². The molecule has 4 heteroatoms. The first-order chi connectivity index (χ1) is 13.2. The molecular weight excluding hydrogens is 334 g/mol. The van der Waals surface area contributed by atoms with Crippen LogP contribution in [0.4, 0.5) is 0 Å². The van der Waals surface area contributed by atoms with E-state index in [0.29, 0.717) is 0 Å². The van der Waals surface area contributed by atoms with Crippen molar-refractivity contribution >= 4 is 5.65 Å². The van der Waals surface area contributed by atoms with Gasteiger partial charge < -0.3 is 9.14 Å². The Hall–Kier alpha value is -2.33. The first-order valence-corrected chi connectivity index (χ1v) is 10.1. The molecule has 1 unspecified atom stereocenters. The fourth-order valence-electron chi connectivity index (χ4n) is 3.54. The maximum absolute atomic E-state index is 6.30. The molecule has 1 atom stereocenters. The Morgan fingerprint density at radius 2 is 1.74 bits per heavy atom. The van der Waals surface area contributed by atoms with Crippen LogP contribution in [-0.4, -0.2) is 33.6 Å². The van der Waals surface area contributed by atoms with Gasteiger partial charge in [0.05, 0.1) is 5.69 Å². The molecule has 0 saturated carbocycles. The highest BCUT2D eigenvalue weighted by atomic mass is 16.5. The highest BCUT2D eigenvalue weighted by molar-refractivity contribution is 5.64. The van der Waals surface area contributed by atoms with Crippen LogP contribution in [0.5, 0.6) is 5.75 Å². The smallest absolute Gasteiger partial charge is 0.152 e. The third kappa shape index (κ3) is 4.51. The van der Waals surface area contributed by atoms with Crippen LogP contribution in [0.1, 0.15) is 45.6 Å². The number of rotatable bonds is 9. The average Bonchev–Trinajstić information content (AvgIpc) is 3.12. The molecule has 1 aromatic carbocycles. The van der Waals surface area contributed by atoms with E-state index in [1.165, 1.54) is 5.56 Å². The Kier molecular flexibility index (Phi) is 6.51. The first-order valence-electron chi connectivity index (χ1n) is 10.1. The van der Waals surface area contributed by atoms with Crippen molar-refractivity contribution in [1.82, 2.24) is 14.3 Å². The molecule has 144 valence electrons. The van der Waals surface area contributed by atoms with E-state index in [1.807, 2.05) is 12.3 Å². The Morgan fingerprint density at radius 3 is 2.33 bits per heavy atom. The number of aryl methyl sites for hydroxylation is 1. The molecular formula is C23H31N3O. The summed E-state index contributed by atoms with van der Waals surface area (Å²) < 4.78 is 8.38. The van der Waals surface area contributed by atoms with Crippen molar-refractivity contribution in [3.8, 4) is 17.0 Å². The van der Waals surface area contributed by atoms with Crippen LogP contribution in [0.25, 0.3) is 16.9 Å². The monoisotopic (exact) mass is 365 g/mol. The van der Waals surface area contributed by atoms with Gasteiger partial charge in [0.15, 0.2) is 6.23 Å². The quantitative estimate of drug-likeness (QED) is 0.466. The molecule has 3 aromatic rings. The summed E-state index contributed by atoms with van der Waals surface area (Å²) in [6.45, 7) is 10.9. The minimum absolute atomic E-state index is 0.133. The van der Waals surface area contributed by atoms with Crippen LogP contribution in [0, 0.1) is 6.92 Å². The number of ether oxygens (including phenoxy) is 1. The third-order valence-electron chi connectivity index (χ3n) is 4.88. The zero-order valence-electron chi connectivity index (χ0n) is 17.0. The fourth-order valence-corrected chi connectivity index (χ4v) is 3.54. The minimum Gasteiger partial charge on any atom is -0.475 e. The standard InChI is InChI=1S/C23H31N3O/c1-5-14-25(15-6-2)22(7-3)27-20-12-10-19(11-13-20)21-17-26-16-8-9-18(4)23(26)24-21/h8-13,16-17,22H,5-7,14-15H2,1-4H3. The lowest BCUT2D eigenvalue weighted by Crippen LogP contribution is -2.40. The molecule has 4 nitrogen and oxygen atoms in total. The molecule has 0 bridgehead atoms. The van der Waals surface area contributed by atoms with Gasteiger partial charge in [-0.3, -0.25) is 4.90 Å². The molecule has 0 spiro atoms. The number of hydrogen-bond donors (Lipinski definition) is 0. The van der Waals surface area contributed by atoms with Crippen LogP contribution in [0.3, 0.4) is 0 Å². The zero-order chi connectivity index (χ0) is 19.2. The normalized spacial score (nSPS) is 12.6. The molecule has 0 aliphatic carbocycles. The molecule has 0 aliphatic rings. The van der Waals surface area contributed by atoms with Crippen LogP contribution < -0.4 is 4.74 Å². The van der Waals surface area contributed by atoms with E-state index in [9.17, 15) is 0 Å². The Balaban J connectivity index is 1.76. The Morgan fingerprint density at radius 1 is 1.04 bits per heavy atom. The maximum Gasteiger partial charge on any atom is 0.152 e. The molecule has 27 heavy (non-hydrogen) atoms. The van der Waals surface area contributed by atoms with Crippen LogP contribution in [0.15, 0.2) is 48.8 Å². The van der Waals surface area contributed by atoms with Crippen LogP contribution in [-0.2, 0) is 0 Å². The van der Waals surface area contributed by atoms with Gasteiger partial charge in [0, 0.05) is 31.0 Å². The van der Waals surface area contributed by atoms with Crippen molar-refractivity contribution in [3.63, 3.8) is 0 Å². The van der Waals surface area contributed by atoms with Crippen molar-refractivity contribution < 1.29 is 4.74 Å². The van der Waals surface area contributed by atoms with Crippen molar-refractivity contribution in [1.29, 1.82) is 0 Å². The summed E-state index contributed by atoms with van der Waals surface area (Å²) in [6.07, 6.45) is 7.52. The van der Waals surface area contributed by atoms with E-state index in [2.05, 4.69) is 73.5 Å². The van der Waals surface area contributed by atoms with Crippen molar-refractivity contribution in [2.75, 3.05) is 13.1 Å². The van der Waals surface area contributed by atoms with E-state index < -0.39 is 0 Å². The second-order valence-electron chi connectivity index (χ2n) is 7.09. The summed E-state index contributed by atoms with van der Waals surface area (Å²) >= 11 is 0. The van der Waals surface area contributed by atoms with Gasteiger partial charge in [0.1, 0.15) is 11.4 Å². The van der Waals surface area contributed by atoms with Gasteiger partial charge in [-0.15, -0.1) is 0 Å². The molecule has 0 saturated heterocycles. The average molecular weight is 366 g/mol. The molecule has 2 aromatic heterocycles. The summed E-state index contributed by atoms with van der Waals surface area (Å²) in [7, 11) is 0. The summed E-state index contributed by atoms with van der Waals surface area (Å²) in [5.41, 5.74) is 4.29. The van der Waals surface area contributed by atoms with Gasteiger partial charge in [-0.25, -0.2) is 4.98 Å². The van der Waals surface area contributed by atoms with Crippen molar-refractivity contribution in [3.05, 3.63) is 54.4 Å². The molecule has 3 rings (SSSR count). The Bertz CT molecular complexity index is 848. The largest absolute Gasteiger partial charge is 0.475 e. The van der Waals surface area contributed by atoms with Gasteiger partial charge >= 0.3 is 0 Å². The number of nitrogens with zero attached hydrogens (tertiary/aromatic N) is 3. The number of aromatic nitrogens is 2. The molecule has 2 heterocycles. The molecule has 0 radical (unpaired) electrons. The molecule has 0 N–H and O–H groups in total. The van der Waals surface area contributed by atoms with Gasteiger partial charge in [0.2, 0.25) is 0 Å². The van der Waals surface area contributed by atoms with E-state index in [4.69, 9.17) is 9.72 Å². The van der Waals surface area contributed by atoms with Crippen molar-refractivity contribution in [2.45, 2.75) is 53.2 Å². The Labute approximate surface area is 162 Å². The van der Waals surface area contributed by atoms with Gasteiger partial charge in [-0.05, 0) is 62.1 Å². The lowest BCUT2D eigenvalue weighted by molar-refractivity contribution is 0.0221. The summed E-state index contributed by atoms with van der Waals surface area (Å²) in [5, 5.41) is 0. The van der Waals surface area contributed by atoms with E-state index >= 15 is 0 Å². The van der Waals surface area contributed by atoms with Crippen LogP contribution >= 0.6 is 0 Å². The molecule has 0 aliphatic heterocycles. The summed E-state index contributed by atoms with van der Waals surface area (Å²) in [6, 6.07) is 12.5. The number of pyridine rings is 1. The maximum atomic E-state index is 6.30. The predicted octanol–water partition coefficient (Wildman–Crippen LogP) is 5.55. The zero-order valence-corrected chi connectivity index (χ0v) is 17.0. The SMILES string of the molecule is CCCN(CCC)C(CC)Oc1ccc(-c2cn3cccc(C)c3n2)cc1. The fraction of sp³-hybridized carbons (Fsp3) is 0.435. The second-order valence-corrected chi connectivity index (χ2v) is 7.09. The highest BCUT2D eigenvalue weighted by Crippen LogP contribution is 2.24. The molecule has 0 fully saturated rings. The van der Waals surface area contributed by atoms with E-state index in [-0.39, 0.29) is 6.23 Å². The lowest BCUT2D eigenvalue weighted by Gasteiger charge is -2.30. The number of benzene rings is 1. The summed E-state index contributed by atoms with van der Waals surface area (Å²) in [5.74, 6) is 0.919. The van der Waals surface area contributed by atoms with Gasteiger partial charge in [-0.1, -0.05) is 26.8 Å². The first kappa shape index (κ1) is 19.4. The van der Waals surface area contributed by atoms with Gasteiger partial charge in [-0.2, -0.15) is 0 Å². The lowest BCUT2D eigenvalue weighted by atomic mass is 10.1. The van der Waals surface area contributed by atoms with Crippen molar-refractivity contribution in [2.24, 2.45) is 0 Å². The number of fused-ring (bicyclic) bond motifs is 1.